The van der Waals surface area contributed by atoms with Crippen molar-refractivity contribution < 1.29 is 19.5 Å². The minimum Gasteiger partial charge on any atom is -0.493 e. The first-order valence-corrected chi connectivity index (χ1v) is 6.33. The van der Waals surface area contributed by atoms with E-state index in [1.165, 1.54) is 7.11 Å². The summed E-state index contributed by atoms with van der Waals surface area (Å²) >= 11 is 0. The minimum atomic E-state index is -1.60. The van der Waals surface area contributed by atoms with Gasteiger partial charge >= 0.3 is 7.12 Å². The standard InChI is InChI=1S/C15H17BO4/c1-11-8-13(16(17)18)15(14(9-11)19-2)20-10-12-6-4-3-5-7-12/h3-9,17-18H,10H2,1-2H3. The first-order chi connectivity index (χ1) is 9.61. The van der Waals surface area contributed by atoms with Gasteiger partial charge in [0.2, 0.25) is 0 Å². The predicted molar refractivity (Wildman–Crippen MR) is 78.3 cm³/mol. The highest BCUT2D eigenvalue weighted by molar-refractivity contribution is 6.60. The fraction of sp³-hybridized carbons (Fsp3) is 0.200. The van der Waals surface area contributed by atoms with Crippen LogP contribution in [-0.2, 0) is 6.61 Å². The molecule has 0 fully saturated rings. The molecule has 0 aliphatic carbocycles. The molecule has 0 saturated carbocycles. The first kappa shape index (κ1) is 14.4. The smallest absolute Gasteiger partial charge is 0.492 e. The van der Waals surface area contributed by atoms with Crippen LogP contribution >= 0.6 is 0 Å². The van der Waals surface area contributed by atoms with Crippen LogP contribution in [0.25, 0.3) is 0 Å². The molecule has 0 amide bonds. The normalized spacial score (nSPS) is 10.2. The Labute approximate surface area is 118 Å². The number of rotatable bonds is 5. The molecule has 0 aliphatic rings. The van der Waals surface area contributed by atoms with Crippen molar-refractivity contribution in [2.45, 2.75) is 13.5 Å². The van der Waals surface area contributed by atoms with Gasteiger partial charge in [-0.05, 0) is 24.1 Å². The fourth-order valence-electron chi connectivity index (χ4n) is 1.99. The Morgan fingerprint density at radius 3 is 2.40 bits per heavy atom. The molecule has 0 bridgehead atoms. The van der Waals surface area contributed by atoms with Crippen molar-refractivity contribution in [2.75, 3.05) is 7.11 Å². The highest BCUT2D eigenvalue weighted by Gasteiger charge is 2.21. The lowest BCUT2D eigenvalue weighted by Gasteiger charge is -2.16. The number of hydrogen-bond donors (Lipinski definition) is 2. The van der Waals surface area contributed by atoms with Crippen molar-refractivity contribution in [1.29, 1.82) is 0 Å². The zero-order valence-corrected chi connectivity index (χ0v) is 11.5. The van der Waals surface area contributed by atoms with Crippen LogP contribution in [0.15, 0.2) is 42.5 Å². The molecular formula is C15H17BO4. The van der Waals surface area contributed by atoms with Gasteiger partial charge in [0.05, 0.1) is 7.11 Å². The van der Waals surface area contributed by atoms with E-state index in [2.05, 4.69) is 0 Å². The lowest BCUT2D eigenvalue weighted by Crippen LogP contribution is -2.32. The van der Waals surface area contributed by atoms with Crippen LogP contribution in [0.3, 0.4) is 0 Å². The Bertz CT molecular complexity index is 570. The number of methoxy groups -OCH3 is 1. The molecule has 0 unspecified atom stereocenters. The predicted octanol–water partition coefficient (Wildman–Crippen LogP) is 1.26. The number of ether oxygens (including phenoxy) is 2. The van der Waals surface area contributed by atoms with Crippen molar-refractivity contribution in [1.82, 2.24) is 0 Å². The SMILES string of the molecule is COc1cc(C)cc(B(O)O)c1OCc1ccccc1. The summed E-state index contributed by atoms with van der Waals surface area (Å²) in [5, 5.41) is 18.9. The van der Waals surface area contributed by atoms with Crippen molar-refractivity contribution in [3.63, 3.8) is 0 Å². The zero-order chi connectivity index (χ0) is 14.5. The zero-order valence-electron chi connectivity index (χ0n) is 11.5. The second-order valence-corrected chi connectivity index (χ2v) is 4.53. The third-order valence-electron chi connectivity index (χ3n) is 2.95. The van der Waals surface area contributed by atoms with Gasteiger partial charge in [0.15, 0.2) is 11.5 Å². The molecule has 2 N–H and O–H groups in total. The average Bonchev–Trinajstić information content (AvgIpc) is 2.46. The molecule has 20 heavy (non-hydrogen) atoms. The highest BCUT2D eigenvalue weighted by atomic mass is 16.5. The summed E-state index contributed by atoms with van der Waals surface area (Å²) in [5.74, 6) is 0.848. The molecule has 0 saturated heterocycles. The number of aryl methyl sites for hydroxylation is 1. The van der Waals surface area contributed by atoms with E-state index in [0.29, 0.717) is 23.6 Å². The highest BCUT2D eigenvalue weighted by Crippen LogP contribution is 2.27. The maximum atomic E-state index is 9.47. The van der Waals surface area contributed by atoms with E-state index in [0.717, 1.165) is 11.1 Å². The van der Waals surface area contributed by atoms with Gasteiger partial charge in [0.25, 0.3) is 0 Å². The van der Waals surface area contributed by atoms with Crippen LogP contribution in [0, 0.1) is 6.92 Å². The van der Waals surface area contributed by atoms with E-state index in [9.17, 15) is 10.0 Å². The van der Waals surface area contributed by atoms with Crippen LogP contribution in [0.5, 0.6) is 11.5 Å². The van der Waals surface area contributed by atoms with Crippen molar-refractivity contribution in [2.24, 2.45) is 0 Å². The molecule has 4 nitrogen and oxygen atoms in total. The van der Waals surface area contributed by atoms with Crippen LogP contribution < -0.4 is 14.9 Å². The largest absolute Gasteiger partial charge is 0.493 e. The molecule has 2 aromatic rings. The molecule has 104 valence electrons. The van der Waals surface area contributed by atoms with Crippen LogP contribution in [0.2, 0.25) is 0 Å². The molecule has 5 heteroatoms. The van der Waals surface area contributed by atoms with Crippen LogP contribution in [0.1, 0.15) is 11.1 Å². The van der Waals surface area contributed by atoms with Gasteiger partial charge in [0, 0.05) is 5.46 Å². The van der Waals surface area contributed by atoms with Gasteiger partial charge in [-0.25, -0.2) is 0 Å². The summed E-state index contributed by atoms with van der Waals surface area (Å²) in [7, 11) is -0.0768. The van der Waals surface area contributed by atoms with E-state index < -0.39 is 7.12 Å². The Kier molecular flexibility index (Phi) is 4.66. The molecule has 0 radical (unpaired) electrons. The molecule has 2 aromatic carbocycles. The lowest BCUT2D eigenvalue weighted by molar-refractivity contribution is 0.285. The third kappa shape index (κ3) is 3.32. The van der Waals surface area contributed by atoms with E-state index in [-0.39, 0.29) is 0 Å². The van der Waals surface area contributed by atoms with Crippen LogP contribution in [-0.4, -0.2) is 24.3 Å². The third-order valence-corrected chi connectivity index (χ3v) is 2.95. The second-order valence-electron chi connectivity index (χ2n) is 4.53. The Morgan fingerprint density at radius 2 is 1.80 bits per heavy atom. The lowest BCUT2D eigenvalue weighted by atomic mass is 9.78. The summed E-state index contributed by atoms with van der Waals surface area (Å²) < 4.78 is 11.0. The van der Waals surface area contributed by atoms with Crippen molar-refractivity contribution >= 4 is 12.6 Å². The summed E-state index contributed by atoms with van der Waals surface area (Å²) in [6.45, 7) is 2.19. The molecule has 0 spiro atoms. The molecule has 0 heterocycles. The molecule has 2 rings (SSSR count). The van der Waals surface area contributed by atoms with Gasteiger partial charge in [-0.15, -0.1) is 0 Å². The van der Waals surface area contributed by atoms with Gasteiger partial charge < -0.3 is 19.5 Å². The monoisotopic (exact) mass is 272 g/mol. The maximum absolute atomic E-state index is 9.47. The quantitative estimate of drug-likeness (QED) is 0.804. The van der Waals surface area contributed by atoms with Gasteiger partial charge in [-0.3, -0.25) is 0 Å². The van der Waals surface area contributed by atoms with Crippen molar-refractivity contribution in [3.8, 4) is 11.5 Å². The maximum Gasteiger partial charge on any atom is 0.492 e. The molecular weight excluding hydrogens is 255 g/mol. The summed E-state index contributed by atoms with van der Waals surface area (Å²) in [5.41, 5.74) is 2.17. The molecule has 0 aliphatic heterocycles. The Hall–Kier alpha value is -1.98. The topological polar surface area (TPSA) is 58.9 Å². The number of hydrogen-bond acceptors (Lipinski definition) is 4. The van der Waals surface area contributed by atoms with Crippen molar-refractivity contribution in [3.05, 3.63) is 53.6 Å². The second kappa shape index (κ2) is 6.46. The Morgan fingerprint density at radius 1 is 1.10 bits per heavy atom. The van der Waals surface area contributed by atoms with E-state index in [1.54, 1.807) is 12.1 Å². The van der Waals surface area contributed by atoms with E-state index in [1.807, 2.05) is 37.3 Å². The minimum absolute atomic E-state index is 0.304. The number of benzene rings is 2. The fourth-order valence-corrected chi connectivity index (χ4v) is 1.99. The average molecular weight is 272 g/mol. The summed E-state index contributed by atoms with van der Waals surface area (Å²) in [6, 6.07) is 13.1. The van der Waals surface area contributed by atoms with Gasteiger partial charge in [-0.2, -0.15) is 0 Å². The van der Waals surface area contributed by atoms with Gasteiger partial charge in [0.1, 0.15) is 6.61 Å². The summed E-state index contributed by atoms with van der Waals surface area (Å²) in [4.78, 5) is 0. The molecule has 0 atom stereocenters. The first-order valence-electron chi connectivity index (χ1n) is 6.33. The van der Waals surface area contributed by atoms with Crippen LogP contribution in [0.4, 0.5) is 0 Å². The molecule has 0 aromatic heterocycles. The van der Waals surface area contributed by atoms with E-state index in [4.69, 9.17) is 9.47 Å². The summed E-state index contributed by atoms with van der Waals surface area (Å²) in [6.07, 6.45) is 0. The van der Waals surface area contributed by atoms with Gasteiger partial charge in [-0.1, -0.05) is 36.4 Å². The Balaban J connectivity index is 2.29. The van der Waals surface area contributed by atoms with E-state index >= 15 is 0 Å².